The lowest BCUT2D eigenvalue weighted by Gasteiger charge is -2.45. The highest BCUT2D eigenvalue weighted by Gasteiger charge is 2.43. The molecule has 1 aliphatic rings. The molecule has 1 amide bonds. The summed E-state index contributed by atoms with van der Waals surface area (Å²) in [6, 6.07) is 4.94. The second-order valence-corrected chi connectivity index (χ2v) is 8.60. The molecule has 11 nitrogen and oxygen atoms in total. The normalized spacial score (nSPS) is 17.6. The number of hydrogen-bond donors (Lipinski definition) is 1. The second kappa shape index (κ2) is 6.70. The Bertz CT molecular complexity index is 972. The summed E-state index contributed by atoms with van der Waals surface area (Å²) in [5.74, 6) is -0.319. The average molecular weight is 394 g/mol. The van der Waals surface area contributed by atoms with Gasteiger partial charge >= 0.3 is 0 Å². The predicted octanol–water partition coefficient (Wildman–Crippen LogP) is 0.638. The van der Waals surface area contributed by atoms with Crippen LogP contribution in [-0.4, -0.2) is 69.0 Å². The standard InChI is InChI=1S/C15H18N6O5S/c1-15(2)10-19(14(22)13-9-16-18-17-13)6-7-20(15)27(25,26)12-5-3-4-11(8-12)21(23)24/h3-5,8-9H,6-7,10H2,1-2H3,(H,16,17,18). The van der Waals surface area contributed by atoms with Crippen molar-refractivity contribution in [3.63, 3.8) is 0 Å². The highest BCUT2D eigenvalue weighted by molar-refractivity contribution is 7.89. The minimum atomic E-state index is -3.97. The zero-order valence-electron chi connectivity index (χ0n) is 14.7. The van der Waals surface area contributed by atoms with Gasteiger partial charge in [0.05, 0.1) is 16.0 Å². The molecule has 0 unspecified atom stereocenters. The number of amides is 1. The van der Waals surface area contributed by atoms with Crippen molar-refractivity contribution in [3.8, 4) is 0 Å². The Morgan fingerprint density at radius 3 is 2.67 bits per heavy atom. The Morgan fingerprint density at radius 1 is 1.33 bits per heavy atom. The highest BCUT2D eigenvalue weighted by Crippen LogP contribution is 2.30. The van der Waals surface area contributed by atoms with E-state index in [-0.39, 0.29) is 41.8 Å². The number of nitro benzene ring substituents is 1. The van der Waals surface area contributed by atoms with E-state index in [4.69, 9.17) is 0 Å². The number of benzene rings is 1. The van der Waals surface area contributed by atoms with Crippen molar-refractivity contribution in [1.29, 1.82) is 0 Å². The van der Waals surface area contributed by atoms with Crippen LogP contribution in [0.4, 0.5) is 5.69 Å². The molecule has 12 heteroatoms. The molecule has 0 radical (unpaired) electrons. The van der Waals surface area contributed by atoms with Crippen molar-refractivity contribution >= 4 is 21.6 Å². The molecule has 1 aromatic carbocycles. The number of aromatic nitrogens is 3. The first-order valence-corrected chi connectivity index (χ1v) is 9.49. The smallest absolute Gasteiger partial charge is 0.273 e. The third-order valence-corrected chi connectivity index (χ3v) is 6.48. The van der Waals surface area contributed by atoms with Crippen molar-refractivity contribution in [3.05, 3.63) is 46.3 Å². The first-order chi connectivity index (χ1) is 12.6. The van der Waals surface area contributed by atoms with Crippen molar-refractivity contribution in [1.82, 2.24) is 24.6 Å². The summed E-state index contributed by atoms with van der Waals surface area (Å²) in [5, 5.41) is 20.5. The zero-order valence-corrected chi connectivity index (χ0v) is 15.5. The number of nitrogens with zero attached hydrogens (tertiary/aromatic N) is 5. The number of sulfonamides is 1. The number of aromatic amines is 1. The molecule has 0 atom stereocenters. The third kappa shape index (κ3) is 3.53. The molecule has 2 heterocycles. The molecule has 2 aromatic rings. The van der Waals surface area contributed by atoms with Crippen LogP contribution < -0.4 is 0 Å². The van der Waals surface area contributed by atoms with E-state index >= 15 is 0 Å². The van der Waals surface area contributed by atoms with Crippen molar-refractivity contribution in [2.75, 3.05) is 19.6 Å². The van der Waals surface area contributed by atoms with Crippen molar-refractivity contribution in [2.24, 2.45) is 0 Å². The fourth-order valence-corrected chi connectivity index (χ4v) is 4.92. The number of nitrogens with one attached hydrogen (secondary N) is 1. The molecule has 0 spiro atoms. The van der Waals surface area contributed by atoms with E-state index in [1.165, 1.54) is 33.6 Å². The van der Waals surface area contributed by atoms with E-state index in [1.54, 1.807) is 13.8 Å². The molecule has 1 N–H and O–H groups in total. The summed E-state index contributed by atoms with van der Waals surface area (Å²) < 4.78 is 27.4. The number of rotatable bonds is 4. The lowest BCUT2D eigenvalue weighted by Crippen LogP contribution is -2.61. The van der Waals surface area contributed by atoms with E-state index in [9.17, 15) is 23.3 Å². The summed E-state index contributed by atoms with van der Waals surface area (Å²) in [7, 11) is -3.97. The van der Waals surface area contributed by atoms with Gasteiger partial charge in [-0.2, -0.15) is 4.31 Å². The molecule has 144 valence electrons. The minimum absolute atomic E-state index is 0.0608. The fourth-order valence-electron chi connectivity index (χ4n) is 3.11. The molecule has 27 heavy (non-hydrogen) atoms. The van der Waals surface area contributed by atoms with E-state index in [2.05, 4.69) is 15.4 Å². The molecule has 1 aromatic heterocycles. The number of hydrogen-bond acceptors (Lipinski definition) is 7. The van der Waals surface area contributed by atoms with Crippen LogP contribution in [0.5, 0.6) is 0 Å². The van der Waals surface area contributed by atoms with Crippen molar-refractivity contribution < 1.29 is 18.1 Å². The quantitative estimate of drug-likeness (QED) is 0.592. The van der Waals surface area contributed by atoms with Crippen LogP contribution in [0, 0.1) is 10.1 Å². The van der Waals surface area contributed by atoms with Crippen LogP contribution in [0.1, 0.15) is 24.3 Å². The third-order valence-electron chi connectivity index (χ3n) is 4.38. The van der Waals surface area contributed by atoms with Crippen LogP contribution in [0.3, 0.4) is 0 Å². The van der Waals surface area contributed by atoms with E-state index in [0.29, 0.717) is 0 Å². The lowest BCUT2D eigenvalue weighted by atomic mass is 10.0. The maximum atomic E-state index is 13.1. The second-order valence-electron chi connectivity index (χ2n) is 6.74. The Labute approximate surface area is 155 Å². The van der Waals surface area contributed by atoms with Gasteiger partial charge < -0.3 is 4.90 Å². The SMILES string of the molecule is CC1(C)CN(C(=O)c2cnn[nH]2)CCN1S(=O)(=O)c1cccc([N+](=O)[O-])c1. The maximum Gasteiger partial charge on any atom is 0.273 e. The van der Waals surface area contributed by atoms with Gasteiger partial charge in [-0.1, -0.05) is 11.3 Å². The number of carbonyl (C=O) groups is 1. The molecular weight excluding hydrogens is 376 g/mol. The van der Waals surface area contributed by atoms with E-state index in [1.807, 2.05) is 0 Å². The van der Waals surface area contributed by atoms with Gasteiger partial charge in [0.25, 0.3) is 11.6 Å². The number of piperazine rings is 1. The molecule has 0 bridgehead atoms. The fraction of sp³-hybridized carbons (Fsp3) is 0.400. The summed E-state index contributed by atoms with van der Waals surface area (Å²) >= 11 is 0. The zero-order chi connectivity index (χ0) is 19.8. The summed E-state index contributed by atoms with van der Waals surface area (Å²) in [6.07, 6.45) is 1.31. The van der Waals surface area contributed by atoms with Gasteiger partial charge in [0.2, 0.25) is 10.0 Å². The molecule has 1 fully saturated rings. The number of H-pyrrole nitrogens is 1. The van der Waals surface area contributed by atoms with Crippen LogP contribution in [0.2, 0.25) is 0 Å². The first-order valence-electron chi connectivity index (χ1n) is 8.05. The molecule has 1 saturated heterocycles. The molecular formula is C15H18N6O5S. The Hall–Kier alpha value is -2.86. The van der Waals surface area contributed by atoms with Gasteiger partial charge in [-0.25, -0.2) is 8.42 Å². The molecule has 0 aliphatic carbocycles. The number of nitro groups is 1. The molecule has 0 saturated carbocycles. The van der Waals surface area contributed by atoms with Gasteiger partial charge in [-0.15, -0.1) is 5.10 Å². The topological polar surface area (TPSA) is 142 Å². The lowest BCUT2D eigenvalue weighted by molar-refractivity contribution is -0.385. The first kappa shape index (κ1) is 18.9. The molecule has 1 aliphatic heterocycles. The Kier molecular flexibility index (Phi) is 4.70. The predicted molar refractivity (Wildman–Crippen MR) is 93.4 cm³/mol. The van der Waals surface area contributed by atoms with Crippen LogP contribution in [0.25, 0.3) is 0 Å². The van der Waals surface area contributed by atoms with Gasteiger partial charge in [-0.3, -0.25) is 20.0 Å². The van der Waals surface area contributed by atoms with Gasteiger partial charge in [0, 0.05) is 37.3 Å². The van der Waals surface area contributed by atoms with Crippen molar-refractivity contribution in [2.45, 2.75) is 24.3 Å². The van der Waals surface area contributed by atoms with Gasteiger partial charge in [-0.05, 0) is 19.9 Å². The Morgan fingerprint density at radius 2 is 2.07 bits per heavy atom. The van der Waals surface area contributed by atoms with Crippen LogP contribution in [-0.2, 0) is 10.0 Å². The van der Waals surface area contributed by atoms with E-state index in [0.717, 1.165) is 6.07 Å². The van der Waals surface area contributed by atoms with E-state index < -0.39 is 20.5 Å². The van der Waals surface area contributed by atoms with Gasteiger partial charge in [0.1, 0.15) is 5.69 Å². The highest BCUT2D eigenvalue weighted by atomic mass is 32.2. The van der Waals surface area contributed by atoms with Gasteiger partial charge in [0.15, 0.2) is 0 Å². The van der Waals surface area contributed by atoms with Crippen LogP contribution >= 0.6 is 0 Å². The number of carbonyl (C=O) groups excluding carboxylic acids is 1. The largest absolute Gasteiger partial charge is 0.334 e. The maximum absolute atomic E-state index is 13.1. The molecule has 3 rings (SSSR count). The summed E-state index contributed by atoms with van der Waals surface area (Å²) in [4.78, 5) is 24.2. The monoisotopic (exact) mass is 394 g/mol. The number of non-ortho nitro benzene ring substituents is 1. The summed E-state index contributed by atoms with van der Waals surface area (Å²) in [5.41, 5.74) is -0.986. The minimum Gasteiger partial charge on any atom is -0.334 e. The Balaban J connectivity index is 1.86. The van der Waals surface area contributed by atoms with Crippen LogP contribution in [0.15, 0.2) is 35.4 Å². The summed E-state index contributed by atoms with van der Waals surface area (Å²) in [6.45, 7) is 3.79. The average Bonchev–Trinajstić information content (AvgIpc) is 3.14.